The van der Waals surface area contributed by atoms with Gasteiger partial charge in [-0.2, -0.15) is 0 Å². The van der Waals surface area contributed by atoms with E-state index in [0.717, 1.165) is 49.3 Å². The number of anilines is 1. The van der Waals surface area contributed by atoms with Crippen molar-refractivity contribution in [3.63, 3.8) is 0 Å². The van der Waals surface area contributed by atoms with Gasteiger partial charge < -0.3 is 9.80 Å². The molecule has 0 fully saturated rings. The monoisotopic (exact) mass is 487 g/mol. The maximum atomic E-state index is 13.7. The number of carbonyl (C=O) groups is 2. The first-order valence-electron chi connectivity index (χ1n) is 12.6. The van der Waals surface area contributed by atoms with Crippen molar-refractivity contribution >= 4 is 17.5 Å². The Morgan fingerprint density at radius 2 is 1.53 bits per heavy atom. The first kappa shape index (κ1) is 25.6. The van der Waals surface area contributed by atoms with Crippen molar-refractivity contribution in [2.45, 2.75) is 39.8 Å². The van der Waals surface area contributed by atoms with Crippen molar-refractivity contribution in [1.82, 2.24) is 9.80 Å². The van der Waals surface area contributed by atoms with E-state index in [9.17, 15) is 14.0 Å². The van der Waals surface area contributed by atoms with Crippen LogP contribution in [0.5, 0.6) is 0 Å². The van der Waals surface area contributed by atoms with Gasteiger partial charge in [-0.1, -0.05) is 48.5 Å². The SMILES string of the molecule is CC(=O)N1CCCN(Cc2ccccc2)CCCN(C(=O)c2ccc(F)cc2)c2c(C)cccc2C1. The van der Waals surface area contributed by atoms with E-state index in [-0.39, 0.29) is 17.6 Å². The number of rotatable bonds is 3. The molecular weight excluding hydrogens is 453 g/mol. The summed E-state index contributed by atoms with van der Waals surface area (Å²) in [6, 6.07) is 22.0. The van der Waals surface area contributed by atoms with Crippen LogP contribution in [0.2, 0.25) is 0 Å². The Hall–Kier alpha value is -3.51. The molecule has 0 aliphatic carbocycles. The lowest BCUT2D eigenvalue weighted by Crippen LogP contribution is -2.38. The third-order valence-electron chi connectivity index (χ3n) is 6.74. The Bertz CT molecular complexity index is 1180. The lowest BCUT2D eigenvalue weighted by molar-refractivity contribution is -0.129. The fraction of sp³-hybridized carbons (Fsp3) is 0.333. The van der Waals surface area contributed by atoms with Crippen molar-refractivity contribution in [1.29, 1.82) is 0 Å². The van der Waals surface area contributed by atoms with E-state index in [1.165, 1.54) is 29.8 Å². The Morgan fingerprint density at radius 3 is 2.22 bits per heavy atom. The zero-order valence-corrected chi connectivity index (χ0v) is 21.1. The zero-order valence-electron chi connectivity index (χ0n) is 21.1. The highest BCUT2D eigenvalue weighted by Crippen LogP contribution is 2.29. The first-order chi connectivity index (χ1) is 17.4. The molecule has 1 aliphatic rings. The normalized spacial score (nSPS) is 15.5. The molecule has 0 bridgehead atoms. The lowest BCUT2D eigenvalue weighted by atomic mass is 10.0. The number of nitrogens with zero attached hydrogens (tertiary/aromatic N) is 3. The molecule has 3 aromatic rings. The molecule has 2 amide bonds. The van der Waals surface area contributed by atoms with Crippen LogP contribution >= 0.6 is 0 Å². The van der Waals surface area contributed by atoms with E-state index in [4.69, 9.17) is 0 Å². The number of amides is 2. The topological polar surface area (TPSA) is 43.9 Å². The van der Waals surface area contributed by atoms with Crippen LogP contribution in [0.1, 0.15) is 46.8 Å². The number of aryl methyl sites for hydroxylation is 1. The van der Waals surface area contributed by atoms with Crippen LogP contribution in [0.15, 0.2) is 72.8 Å². The summed E-state index contributed by atoms with van der Waals surface area (Å²) >= 11 is 0. The van der Waals surface area contributed by atoms with Crippen LogP contribution in [0, 0.1) is 12.7 Å². The van der Waals surface area contributed by atoms with Crippen LogP contribution in [0.25, 0.3) is 0 Å². The van der Waals surface area contributed by atoms with E-state index in [1.807, 2.05) is 53.1 Å². The van der Waals surface area contributed by atoms with Gasteiger partial charge in [0.2, 0.25) is 5.91 Å². The lowest BCUT2D eigenvalue weighted by Gasteiger charge is -2.32. The van der Waals surface area contributed by atoms with Gasteiger partial charge in [0.25, 0.3) is 5.91 Å². The molecule has 188 valence electrons. The second-order valence-electron chi connectivity index (χ2n) is 9.46. The second kappa shape index (κ2) is 12.0. The van der Waals surface area contributed by atoms with Gasteiger partial charge in [-0.15, -0.1) is 0 Å². The quantitative estimate of drug-likeness (QED) is 0.495. The van der Waals surface area contributed by atoms with Crippen molar-refractivity contribution in [2.24, 2.45) is 0 Å². The maximum absolute atomic E-state index is 13.7. The average Bonchev–Trinajstić information content (AvgIpc) is 2.86. The summed E-state index contributed by atoms with van der Waals surface area (Å²) in [4.78, 5) is 32.4. The molecule has 6 heteroatoms. The predicted molar refractivity (Wildman–Crippen MR) is 141 cm³/mol. The first-order valence-corrected chi connectivity index (χ1v) is 12.6. The van der Waals surface area contributed by atoms with E-state index in [0.29, 0.717) is 25.2 Å². The van der Waals surface area contributed by atoms with Crippen LogP contribution in [0.3, 0.4) is 0 Å². The molecule has 0 unspecified atom stereocenters. The molecule has 36 heavy (non-hydrogen) atoms. The molecule has 1 aliphatic heterocycles. The number of carbonyl (C=O) groups excluding carboxylic acids is 2. The minimum absolute atomic E-state index is 0.0190. The Balaban J connectivity index is 1.68. The Morgan fingerprint density at radius 1 is 0.833 bits per heavy atom. The third kappa shape index (κ3) is 6.38. The number of fused-ring (bicyclic) bond motifs is 1. The summed E-state index contributed by atoms with van der Waals surface area (Å²) < 4.78 is 13.6. The van der Waals surface area contributed by atoms with Crippen LogP contribution < -0.4 is 4.90 Å². The summed E-state index contributed by atoms with van der Waals surface area (Å²) in [5.74, 6) is -0.511. The number of hydrogen-bond acceptors (Lipinski definition) is 3. The molecule has 0 N–H and O–H groups in total. The number of hydrogen-bond donors (Lipinski definition) is 0. The van der Waals surface area contributed by atoms with Crippen molar-refractivity contribution in [2.75, 3.05) is 31.1 Å². The summed E-state index contributed by atoms with van der Waals surface area (Å²) in [5.41, 5.74) is 4.45. The van der Waals surface area contributed by atoms with Gasteiger partial charge in [0, 0.05) is 51.8 Å². The second-order valence-corrected chi connectivity index (χ2v) is 9.46. The Kier molecular flexibility index (Phi) is 8.49. The largest absolute Gasteiger partial charge is 0.338 e. The van der Waals surface area contributed by atoms with Crippen molar-refractivity contribution in [3.05, 3.63) is 101 Å². The third-order valence-corrected chi connectivity index (χ3v) is 6.74. The number of halogens is 1. The van der Waals surface area contributed by atoms with Gasteiger partial charge >= 0.3 is 0 Å². The van der Waals surface area contributed by atoms with Crippen LogP contribution in [-0.4, -0.2) is 47.8 Å². The minimum atomic E-state index is -0.370. The molecule has 0 spiro atoms. The van der Waals surface area contributed by atoms with Gasteiger partial charge in [-0.25, -0.2) is 4.39 Å². The molecule has 4 rings (SSSR count). The molecular formula is C30H34FN3O2. The van der Waals surface area contributed by atoms with Gasteiger partial charge in [-0.3, -0.25) is 14.5 Å². The van der Waals surface area contributed by atoms with Gasteiger partial charge in [0.15, 0.2) is 0 Å². The molecule has 5 nitrogen and oxygen atoms in total. The molecule has 1 heterocycles. The molecule has 0 saturated heterocycles. The molecule has 0 atom stereocenters. The minimum Gasteiger partial charge on any atom is -0.338 e. The van der Waals surface area contributed by atoms with Crippen LogP contribution in [0.4, 0.5) is 10.1 Å². The van der Waals surface area contributed by atoms with E-state index < -0.39 is 0 Å². The van der Waals surface area contributed by atoms with E-state index in [2.05, 4.69) is 17.0 Å². The summed E-state index contributed by atoms with van der Waals surface area (Å²) in [6.45, 7) is 7.73. The smallest absolute Gasteiger partial charge is 0.258 e. The maximum Gasteiger partial charge on any atom is 0.258 e. The highest BCUT2D eigenvalue weighted by atomic mass is 19.1. The van der Waals surface area contributed by atoms with Gasteiger partial charge in [0.1, 0.15) is 5.82 Å². The average molecular weight is 488 g/mol. The summed E-state index contributed by atoms with van der Waals surface area (Å²) in [7, 11) is 0. The standard InChI is InChI=1S/C30H34FN3O2/c1-23-9-6-12-27-22-33(24(2)35)19-7-17-32(21-25-10-4-3-5-11-25)18-8-20-34(29(23)27)30(36)26-13-15-28(31)16-14-26/h3-6,9-16H,7-8,17-22H2,1-2H3. The molecule has 0 aromatic heterocycles. The van der Waals surface area contributed by atoms with Gasteiger partial charge in [-0.05, 0) is 60.7 Å². The fourth-order valence-electron chi connectivity index (χ4n) is 4.90. The Labute approximate surface area is 213 Å². The van der Waals surface area contributed by atoms with Crippen LogP contribution in [-0.2, 0) is 17.9 Å². The van der Waals surface area contributed by atoms with E-state index >= 15 is 0 Å². The molecule has 0 radical (unpaired) electrons. The van der Waals surface area contributed by atoms with Crippen molar-refractivity contribution < 1.29 is 14.0 Å². The number of para-hydroxylation sites is 1. The number of benzene rings is 3. The zero-order chi connectivity index (χ0) is 25.5. The molecule has 3 aromatic carbocycles. The van der Waals surface area contributed by atoms with Crippen molar-refractivity contribution in [3.8, 4) is 0 Å². The predicted octanol–water partition coefficient (Wildman–Crippen LogP) is 5.43. The van der Waals surface area contributed by atoms with E-state index in [1.54, 1.807) is 6.92 Å². The summed E-state index contributed by atoms with van der Waals surface area (Å²) in [6.07, 6.45) is 1.68. The highest BCUT2D eigenvalue weighted by molar-refractivity contribution is 6.07. The fourth-order valence-corrected chi connectivity index (χ4v) is 4.90. The molecule has 0 saturated carbocycles. The summed E-state index contributed by atoms with van der Waals surface area (Å²) in [5, 5.41) is 0. The highest BCUT2D eigenvalue weighted by Gasteiger charge is 2.24. The van der Waals surface area contributed by atoms with Gasteiger partial charge in [0.05, 0.1) is 5.69 Å².